The minimum Gasteiger partial charge on any atom is -0.348 e. The van der Waals surface area contributed by atoms with Crippen LogP contribution in [0.3, 0.4) is 0 Å². The zero-order chi connectivity index (χ0) is 25.1. The Kier molecular flexibility index (Phi) is 7.57. The minimum atomic E-state index is -4.58. The molecule has 6 nitrogen and oxygen atoms in total. The van der Waals surface area contributed by atoms with Crippen LogP contribution in [0.25, 0.3) is 5.69 Å². The highest BCUT2D eigenvalue weighted by Crippen LogP contribution is 2.30. The molecule has 180 valence electrons. The second kappa shape index (κ2) is 10.1. The maximum Gasteiger partial charge on any atom is 0.416 e. The lowest BCUT2D eigenvalue weighted by Crippen LogP contribution is -2.33. The summed E-state index contributed by atoms with van der Waals surface area (Å²) >= 11 is 1.38. The van der Waals surface area contributed by atoms with E-state index in [9.17, 15) is 31.2 Å². The van der Waals surface area contributed by atoms with Crippen molar-refractivity contribution in [1.29, 1.82) is 0 Å². The molecule has 1 amide bonds. The van der Waals surface area contributed by atoms with Crippen LogP contribution in [0.1, 0.15) is 27.2 Å². The van der Waals surface area contributed by atoms with Crippen molar-refractivity contribution >= 4 is 27.5 Å². The number of thioether (sulfide) groups is 1. The fourth-order valence-corrected chi connectivity index (χ4v) is 4.40. The predicted molar refractivity (Wildman–Crippen MR) is 125 cm³/mol. The average Bonchev–Trinajstić information content (AvgIpc) is 2.77. The molecular formula is C23H21F3N2O4S2. The summed E-state index contributed by atoms with van der Waals surface area (Å²) in [5.41, 5.74) is -0.803. The van der Waals surface area contributed by atoms with Crippen molar-refractivity contribution in [2.45, 2.75) is 23.4 Å². The maximum absolute atomic E-state index is 13.2. The highest BCUT2D eigenvalue weighted by Gasteiger charge is 2.31. The highest BCUT2D eigenvalue weighted by atomic mass is 32.2. The Morgan fingerprint density at radius 1 is 1.06 bits per heavy atom. The zero-order valence-corrected chi connectivity index (χ0v) is 19.9. The number of aromatic nitrogens is 1. The van der Waals surface area contributed by atoms with Crippen LogP contribution in [-0.4, -0.2) is 31.4 Å². The van der Waals surface area contributed by atoms with E-state index in [-0.39, 0.29) is 22.7 Å². The lowest BCUT2D eigenvalue weighted by atomic mass is 10.1. The first-order chi connectivity index (χ1) is 15.9. The molecule has 11 heteroatoms. The Morgan fingerprint density at radius 3 is 2.32 bits per heavy atom. The van der Waals surface area contributed by atoms with Gasteiger partial charge in [0.05, 0.1) is 10.5 Å². The summed E-state index contributed by atoms with van der Waals surface area (Å²) < 4.78 is 63.8. The standard InChI is InChI=1S/C23H21F3N2O4S2/c1-33-14-18-8-11-20(21(29)27-13-15-6-9-19(10-7-15)34(2,31)32)22(30)28(18)17-5-3-4-16(12-17)23(24,25)26/h3-12H,13-14H2,1-2H3,(H,27,29). The molecule has 0 atom stereocenters. The SMILES string of the molecule is CSCc1ccc(C(=O)NCc2ccc(S(C)(=O)=O)cc2)c(=O)n1-c1cccc(C(F)(F)F)c1. The summed E-state index contributed by atoms with van der Waals surface area (Å²) in [7, 11) is -3.36. The summed E-state index contributed by atoms with van der Waals surface area (Å²) in [6.45, 7) is 0.0262. The number of halogens is 3. The molecule has 0 aliphatic carbocycles. The summed E-state index contributed by atoms with van der Waals surface area (Å²) in [5.74, 6) is -0.353. The number of carbonyl (C=O) groups excluding carboxylic acids is 1. The van der Waals surface area contributed by atoms with Crippen molar-refractivity contribution < 1.29 is 26.4 Å². The van der Waals surface area contributed by atoms with Gasteiger partial charge in [0.1, 0.15) is 5.56 Å². The molecule has 34 heavy (non-hydrogen) atoms. The van der Waals surface area contributed by atoms with E-state index in [1.807, 2.05) is 0 Å². The number of amides is 1. The fraction of sp³-hybridized carbons (Fsp3) is 0.217. The van der Waals surface area contributed by atoms with Gasteiger partial charge in [-0.05, 0) is 54.3 Å². The topological polar surface area (TPSA) is 85.2 Å². The number of pyridine rings is 1. The van der Waals surface area contributed by atoms with Crippen LogP contribution in [0, 0.1) is 0 Å². The van der Waals surface area contributed by atoms with E-state index in [1.165, 1.54) is 48.2 Å². The van der Waals surface area contributed by atoms with Crippen molar-refractivity contribution in [1.82, 2.24) is 9.88 Å². The number of sulfone groups is 1. The average molecular weight is 511 g/mol. The summed E-state index contributed by atoms with van der Waals surface area (Å²) in [4.78, 5) is 26.1. The molecule has 2 aromatic carbocycles. The van der Waals surface area contributed by atoms with Gasteiger partial charge in [-0.3, -0.25) is 14.2 Å². The molecule has 1 aromatic heterocycles. The molecule has 0 aliphatic rings. The first-order valence-corrected chi connectivity index (χ1v) is 13.2. The van der Waals surface area contributed by atoms with Gasteiger partial charge in [0.15, 0.2) is 9.84 Å². The monoisotopic (exact) mass is 510 g/mol. The molecular weight excluding hydrogens is 489 g/mol. The van der Waals surface area contributed by atoms with Crippen LogP contribution in [0.2, 0.25) is 0 Å². The molecule has 0 spiro atoms. The van der Waals surface area contributed by atoms with Crippen molar-refractivity contribution in [3.63, 3.8) is 0 Å². The van der Waals surface area contributed by atoms with Crippen molar-refractivity contribution in [3.05, 3.63) is 93.4 Å². The van der Waals surface area contributed by atoms with Crippen LogP contribution >= 0.6 is 11.8 Å². The Labute approximate surface area is 198 Å². The normalized spacial score (nSPS) is 11.9. The molecule has 1 heterocycles. The largest absolute Gasteiger partial charge is 0.416 e. The number of nitrogens with one attached hydrogen (secondary N) is 1. The number of rotatable bonds is 7. The number of hydrogen-bond acceptors (Lipinski definition) is 5. The predicted octanol–water partition coefficient (Wildman–Crippen LogP) is 4.05. The zero-order valence-electron chi connectivity index (χ0n) is 18.2. The number of nitrogens with zero attached hydrogens (tertiary/aromatic N) is 1. The maximum atomic E-state index is 13.2. The van der Waals surface area contributed by atoms with Gasteiger partial charge in [0.25, 0.3) is 11.5 Å². The van der Waals surface area contributed by atoms with Gasteiger partial charge >= 0.3 is 6.18 Å². The third-order valence-electron chi connectivity index (χ3n) is 4.94. The third kappa shape index (κ3) is 5.89. The van der Waals surface area contributed by atoms with E-state index in [0.717, 1.165) is 23.0 Å². The number of benzene rings is 2. The van der Waals surface area contributed by atoms with Gasteiger partial charge in [-0.1, -0.05) is 18.2 Å². The molecule has 0 saturated heterocycles. The molecule has 0 aliphatic heterocycles. The molecule has 3 rings (SSSR count). The smallest absolute Gasteiger partial charge is 0.348 e. The highest BCUT2D eigenvalue weighted by molar-refractivity contribution is 7.97. The first kappa shape index (κ1) is 25.6. The van der Waals surface area contributed by atoms with Crippen molar-refractivity contribution in [2.24, 2.45) is 0 Å². The van der Waals surface area contributed by atoms with E-state index in [1.54, 1.807) is 18.4 Å². The second-order valence-electron chi connectivity index (χ2n) is 7.46. The van der Waals surface area contributed by atoms with Crippen LogP contribution in [0.5, 0.6) is 0 Å². The van der Waals surface area contributed by atoms with Gasteiger partial charge in [0, 0.05) is 29.9 Å². The van der Waals surface area contributed by atoms with Crippen LogP contribution < -0.4 is 10.9 Å². The quantitative estimate of drug-likeness (QED) is 0.518. The van der Waals surface area contributed by atoms with Gasteiger partial charge < -0.3 is 5.32 Å². The van der Waals surface area contributed by atoms with Gasteiger partial charge in [-0.15, -0.1) is 0 Å². The Hall–Kier alpha value is -3.05. The van der Waals surface area contributed by atoms with E-state index >= 15 is 0 Å². The van der Waals surface area contributed by atoms with Crippen molar-refractivity contribution in [3.8, 4) is 5.69 Å². The number of alkyl halides is 3. The van der Waals surface area contributed by atoms with Gasteiger partial charge in [-0.2, -0.15) is 24.9 Å². The summed E-state index contributed by atoms with van der Waals surface area (Å²) in [5, 5.41) is 2.59. The Bertz CT molecular complexity index is 1370. The summed E-state index contributed by atoms with van der Waals surface area (Å²) in [6, 6.07) is 13.2. The number of carbonyl (C=O) groups is 1. The van der Waals surface area contributed by atoms with Gasteiger partial charge in [0.2, 0.25) is 0 Å². The molecule has 0 fully saturated rings. The van der Waals surface area contributed by atoms with Crippen LogP contribution in [0.4, 0.5) is 13.2 Å². The van der Waals surface area contributed by atoms with Gasteiger partial charge in [-0.25, -0.2) is 8.42 Å². The molecule has 1 N–H and O–H groups in total. The van der Waals surface area contributed by atoms with Crippen molar-refractivity contribution in [2.75, 3.05) is 12.5 Å². The van der Waals surface area contributed by atoms with Crippen LogP contribution in [-0.2, 0) is 28.3 Å². The minimum absolute atomic E-state index is 0.00916. The fourth-order valence-electron chi connectivity index (χ4n) is 3.25. The van der Waals surface area contributed by atoms with E-state index < -0.39 is 33.0 Å². The molecule has 0 bridgehead atoms. The third-order valence-corrected chi connectivity index (χ3v) is 6.65. The first-order valence-electron chi connectivity index (χ1n) is 9.90. The second-order valence-corrected chi connectivity index (χ2v) is 10.3. The van der Waals surface area contributed by atoms with E-state index in [4.69, 9.17) is 0 Å². The van der Waals surface area contributed by atoms with E-state index in [0.29, 0.717) is 17.0 Å². The summed E-state index contributed by atoms with van der Waals surface area (Å²) in [6.07, 6.45) is -1.71. The molecule has 0 saturated carbocycles. The Morgan fingerprint density at radius 2 is 1.74 bits per heavy atom. The number of hydrogen-bond donors (Lipinski definition) is 1. The lowest BCUT2D eigenvalue weighted by molar-refractivity contribution is -0.137. The Balaban J connectivity index is 1.93. The van der Waals surface area contributed by atoms with E-state index in [2.05, 4.69) is 5.32 Å². The lowest BCUT2D eigenvalue weighted by Gasteiger charge is -2.16. The molecule has 3 aromatic rings. The molecule has 0 unspecified atom stereocenters. The molecule has 0 radical (unpaired) electrons. The van der Waals surface area contributed by atoms with Crippen LogP contribution in [0.15, 0.2) is 70.4 Å².